The summed E-state index contributed by atoms with van der Waals surface area (Å²) in [6.45, 7) is 7.85. The molecule has 0 radical (unpaired) electrons. The Morgan fingerprint density at radius 2 is 2.14 bits per heavy atom. The zero-order valence-corrected chi connectivity index (χ0v) is 14.1. The van der Waals surface area contributed by atoms with Crippen LogP contribution in [0.15, 0.2) is 16.8 Å². The third kappa shape index (κ3) is 5.67. The Bertz CT molecular complexity index is 447. The summed E-state index contributed by atoms with van der Waals surface area (Å²) in [5, 5.41) is 10.9. The van der Waals surface area contributed by atoms with Gasteiger partial charge in [0.1, 0.15) is 5.60 Å². The fourth-order valence-corrected chi connectivity index (χ4v) is 3.25. The van der Waals surface area contributed by atoms with Crippen molar-refractivity contribution in [3.63, 3.8) is 0 Å². The van der Waals surface area contributed by atoms with Crippen molar-refractivity contribution < 1.29 is 9.53 Å². The second kappa shape index (κ2) is 6.79. The third-order valence-electron chi connectivity index (χ3n) is 3.50. The van der Waals surface area contributed by atoms with Gasteiger partial charge < -0.3 is 15.4 Å². The van der Waals surface area contributed by atoms with Crippen molar-refractivity contribution >= 4 is 17.4 Å². The van der Waals surface area contributed by atoms with E-state index in [4.69, 9.17) is 4.74 Å². The summed E-state index contributed by atoms with van der Waals surface area (Å²) in [5.74, 6) is 0. The highest BCUT2D eigenvalue weighted by Gasteiger charge is 2.32. The molecule has 2 rings (SSSR count). The normalized spacial score (nSPS) is 23.2. The van der Waals surface area contributed by atoms with Gasteiger partial charge in [-0.25, -0.2) is 4.79 Å². The average Bonchev–Trinajstić information content (AvgIpc) is 2.76. The minimum atomic E-state index is -0.430. The fourth-order valence-electron chi connectivity index (χ4n) is 2.57. The molecule has 1 unspecified atom stereocenters. The molecule has 2 N–H and O–H groups in total. The van der Waals surface area contributed by atoms with Crippen LogP contribution in [-0.2, 0) is 11.2 Å². The summed E-state index contributed by atoms with van der Waals surface area (Å²) in [6, 6.07) is 3.38. The van der Waals surface area contributed by atoms with Crippen LogP contribution in [0.25, 0.3) is 0 Å². The molecule has 0 aromatic carbocycles. The summed E-state index contributed by atoms with van der Waals surface area (Å²) in [4.78, 5) is 11.6. The van der Waals surface area contributed by atoms with E-state index in [1.807, 2.05) is 20.8 Å². The van der Waals surface area contributed by atoms with E-state index in [2.05, 4.69) is 34.4 Å². The molecule has 1 aromatic heterocycles. The molecule has 1 heterocycles. The van der Waals surface area contributed by atoms with Gasteiger partial charge in [0, 0.05) is 18.1 Å². The molecular weight excluding hydrogens is 284 g/mol. The van der Waals surface area contributed by atoms with E-state index in [0.717, 1.165) is 19.3 Å². The molecule has 1 atom stereocenters. The van der Waals surface area contributed by atoms with Gasteiger partial charge in [-0.05, 0) is 69.3 Å². The summed E-state index contributed by atoms with van der Waals surface area (Å²) < 4.78 is 5.26. The van der Waals surface area contributed by atoms with Crippen LogP contribution in [-0.4, -0.2) is 29.8 Å². The molecule has 0 saturated heterocycles. The van der Waals surface area contributed by atoms with Crippen LogP contribution >= 0.6 is 11.3 Å². The Kier molecular flexibility index (Phi) is 5.27. The van der Waals surface area contributed by atoms with E-state index in [-0.39, 0.29) is 12.1 Å². The van der Waals surface area contributed by atoms with E-state index < -0.39 is 5.60 Å². The second-order valence-corrected chi connectivity index (χ2v) is 7.69. The molecular formula is C16H26N2O2S. The number of alkyl carbamates (subject to hydrolysis) is 1. The largest absolute Gasteiger partial charge is 0.444 e. The van der Waals surface area contributed by atoms with Crippen molar-refractivity contribution in [3.05, 3.63) is 22.4 Å². The minimum Gasteiger partial charge on any atom is -0.444 e. The number of carbonyl (C=O) groups is 1. The van der Waals surface area contributed by atoms with E-state index in [1.54, 1.807) is 11.3 Å². The number of hydrogen-bond donors (Lipinski definition) is 2. The molecule has 0 bridgehead atoms. The van der Waals surface area contributed by atoms with Crippen LogP contribution in [0.2, 0.25) is 0 Å². The SMILES string of the molecule is CC(Cc1ccsc1)NC1CC(NC(=O)OC(C)(C)C)C1. The number of hydrogen-bond acceptors (Lipinski definition) is 4. The maximum atomic E-state index is 11.6. The van der Waals surface area contributed by atoms with Gasteiger partial charge in [-0.3, -0.25) is 0 Å². The monoisotopic (exact) mass is 310 g/mol. The molecule has 1 fully saturated rings. The van der Waals surface area contributed by atoms with E-state index >= 15 is 0 Å². The Balaban J connectivity index is 1.62. The standard InChI is InChI=1S/C16H26N2O2S/c1-11(7-12-5-6-21-10-12)17-13-8-14(9-13)18-15(19)20-16(2,3)4/h5-6,10-11,13-14,17H,7-9H2,1-4H3,(H,18,19). The first-order valence-corrected chi connectivity index (χ1v) is 8.53. The summed E-state index contributed by atoms with van der Waals surface area (Å²) in [7, 11) is 0. The Labute approximate surface area is 131 Å². The van der Waals surface area contributed by atoms with Crippen molar-refractivity contribution in [2.45, 2.75) is 70.7 Å². The van der Waals surface area contributed by atoms with Crippen LogP contribution in [0.1, 0.15) is 46.1 Å². The first kappa shape index (κ1) is 16.3. The highest BCUT2D eigenvalue weighted by Crippen LogP contribution is 2.22. The molecule has 5 heteroatoms. The highest BCUT2D eigenvalue weighted by molar-refractivity contribution is 7.07. The number of amides is 1. The zero-order valence-electron chi connectivity index (χ0n) is 13.3. The van der Waals surface area contributed by atoms with Gasteiger partial charge in [-0.1, -0.05) is 0 Å². The molecule has 118 valence electrons. The van der Waals surface area contributed by atoms with Crippen molar-refractivity contribution in [2.75, 3.05) is 0 Å². The lowest BCUT2D eigenvalue weighted by Gasteiger charge is -2.38. The molecule has 1 saturated carbocycles. The Morgan fingerprint density at radius 1 is 1.43 bits per heavy atom. The summed E-state index contributed by atoms with van der Waals surface area (Å²) in [5.41, 5.74) is 0.961. The van der Waals surface area contributed by atoms with Crippen LogP contribution < -0.4 is 10.6 Å². The van der Waals surface area contributed by atoms with Gasteiger partial charge >= 0.3 is 6.09 Å². The topological polar surface area (TPSA) is 50.4 Å². The lowest BCUT2D eigenvalue weighted by molar-refractivity contribution is 0.0463. The molecule has 1 aliphatic rings. The van der Waals surface area contributed by atoms with Gasteiger partial charge in [0.15, 0.2) is 0 Å². The number of nitrogens with one attached hydrogen (secondary N) is 2. The Hall–Kier alpha value is -1.07. The molecule has 1 aliphatic carbocycles. The number of ether oxygens (including phenoxy) is 1. The first-order chi connectivity index (χ1) is 9.82. The van der Waals surface area contributed by atoms with Gasteiger partial charge in [0.05, 0.1) is 0 Å². The minimum absolute atomic E-state index is 0.241. The van der Waals surface area contributed by atoms with Crippen LogP contribution in [0, 0.1) is 0 Å². The fraction of sp³-hybridized carbons (Fsp3) is 0.688. The molecule has 21 heavy (non-hydrogen) atoms. The lowest BCUT2D eigenvalue weighted by atomic mass is 9.86. The average molecular weight is 310 g/mol. The van der Waals surface area contributed by atoms with Crippen LogP contribution in [0.4, 0.5) is 4.79 Å². The maximum Gasteiger partial charge on any atom is 0.407 e. The molecule has 0 aliphatic heterocycles. The quantitative estimate of drug-likeness (QED) is 0.877. The predicted octanol–water partition coefficient (Wildman–Crippen LogP) is 3.32. The number of carbonyl (C=O) groups excluding carboxylic acids is 1. The van der Waals surface area contributed by atoms with Gasteiger partial charge in [-0.15, -0.1) is 0 Å². The molecule has 4 nitrogen and oxygen atoms in total. The molecule has 0 spiro atoms. The van der Waals surface area contributed by atoms with Crippen LogP contribution in [0.3, 0.4) is 0 Å². The lowest BCUT2D eigenvalue weighted by Crippen LogP contribution is -2.55. The Morgan fingerprint density at radius 3 is 2.71 bits per heavy atom. The zero-order chi connectivity index (χ0) is 15.5. The van der Waals surface area contributed by atoms with E-state index in [1.165, 1.54) is 5.56 Å². The summed E-state index contributed by atoms with van der Waals surface area (Å²) >= 11 is 1.74. The van der Waals surface area contributed by atoms with Crippen molar-refractivity contribution in [1.82, 2.24) is 10.6 Å². The van der Waals surface area contributed by atoms with Gasteiger partial charge in [0.25, 0.3) is 0 Å². The van der Waals surface area contributed by atoms with Crippen LogP contribution in [0.5, 0.6) is 0 Å². The van der Waals surface area contributed by atoms with Gasteiger partial charge in [-0.2, -0.15) is 11.3 Å². The molecule has 1 aromatic rings. The summed E-state index contributed by atoms with van der Waals surface area (Å²) in [6.07, 6.45) is 2.71. The second-order valence-electron chi connectivity index (χ2n) is 6.91. The van der Waals surface area contributed by atoms with E-state index in [0.29, 0.717) is 12.1 Å². The van der Waals surface area contributed by atoms with Crippen molar-refractivity contribution in [3.8, 4) is 0 Å². The predicted molar refractivity (Wildman–Crippen MR) is 86.8 cm³/mol. The smallest absolute Gasteiger partial charge is 0.407 e. The first-order valence-electron chi connectivity index (χ1n) is 7.58. The van der Waals surface area contributed by atoms with E-state index in [9.17, 15) is 4.79 Å². The van der Waals surface area contributed by atoms with Crippen molar-refractivity contribution in [2.24, 2.45) is 0 Å². The molecule has 1 amide bonds. The third-order valence-corrected chi connectivity index (χ3v) is 4.23. The number of thiophene rings is 1. The van der Waals surface area contributed by atoms with Crippen molar-refractivity contribution in [1.29, 1.82) is 0 Å². The number of rotatable bonds is 5. The van der Waals surface area contributed by atoms with Gasteiger partial charge in [0.2, 0.25) is 0 Å². The highest BCUT2D eigenvalue weighted by atomic mass is 32.1. The maximum absolute atomic E-state index is 11.6.